The number of fused-ring (bicyclic) bond motifs is 1. The van der Waals surface area contributed by atoms with E-state index in [1.807, 2.05) is 70.2 Å². The van der Waals surface area contributed by atoms with Crippen LogP contribution in [0.4, 0.5) is 0 Å². The van der Waals surface area contributed by atoms with Crippen LogP contribution in [-0.2, 0) is 9.59 Å². The fourth-order valence-corrected chi connectivity index (χ4v) is 4.44. The molecule has 3 aromatic rings. The fraction of sp³-hybridized carbons (Fsp3) is 0.280. The van der Waals surface area contributed by atoms with Gasteiger partial charge in [0, 0.05) is 34.3 Å². The number of Topliss-reactive ketones (excluding diaryl/α,β-unsaturated/α-hetero) is 1. The Hall–Kier alpha value is -3.34. The molecule has 1 amide bonds. The third-order valence-corrected chi connectivity index (χ3v) is 5.87. The van der Waals surface area contributed by atoms with Gasteiger partial charge in [0.15, 0.2) is 0 Å². The average molecular weight is 402 g/mol. The van der Waals surface area contributed by atoms with E-state index in [1.165, 1.54) is 0 Å². The molecule has 0 spiro atoms. The molecule has 5 nitrogen and oxygen atoms in total. The van der Waals surface area contributed by atoms with Crippen molar-refractivity contribution in [3.05, 3.63) is 76.0 Å². The molecule has 1 fully saturated rings. The van der Waals surface area contributed by atoms with Crippen molar-refractivity contribution in [2.24, 2.45) is 0 Å². The van der Waals surface area contributed by atoms with Crippen molar-refractivity contribution in [3.8, 4) is 0 Å². The zero-order valence-corrected chi connectivity index (χ0v) is 17.7. The van der Waals surface area contributed by atoms with E-state index < -0.39 is 17.7 Å². The number of rotatable bonds is 4. The monoisotopic (exact) mass is 402 g/mol. The molecule has 2 N–H and O–H groups in total. The topological polar surface area (TPSA) is 73.4 Å². The molecule has 0 aliphatic carbocycles. The summed E-state index contributed by atoms with van der Waals surface area (Å²) >= 11 is 0. The standard InChI is InChI=1S/C25H26N2O3/c1-5-12-27-22(20-16(4)26-19-9-7-6-8-17(19)20)21(24(29)25(27)30)23(28)18-13-14(2)10-11-15(18)3/h6-11,13,22,26,28H,5,12H2,1-4H3/b23-21+. The molecule has 154 valence electrons. The molecule has 2 aromatic carbocycles. The van der Waals surface area contributed by atoms with Gasteiger partial charge in [-0.2, -0.15) is 0 Å². The van der Waals surface area contributed by atoms with Crippen LogP contribution in [0, 0.1) is 20.8 Å². The van der Waals surface area contributed by atoms with Crippen LogP contribution in [0.25, 0.3) is 16.7 Å². The molecular weight excluding hydrogens is 376 g/mol. The summed E-state index contributed by atoms with van der Waals surface area (Å²) in [5.74, 6) is -1.29. The van der Waals surface area contributed by atoms with Gasteiger partial charge in [-0.15, -0.1) is 0 Å². The third kappa shape index (κ3) is 3.02. The fourth-order valence-electron chi connectivity index (χ4n) is 4.44. The number of aromatic amines is 1. The summed E-state index contributed by atoms with van der Waals surface area (Å²) in [4.78, 5) is 31.1. The van der Waals surface area contributed by atoms with Crippen LogP contribution in [0.1, 0.15) is 47.3 Å². The number of amides is 1. The van der Waals surface area contributed by atoms with E-state index in [1.54, 1.807) is 4.90 Å². The summed E-state index contributed by atoms with van der Waals surface area (Å²) in [7, 11) is 0. The number of aryl methyl sites for hydroxylation is 3. The maximum Gasteiger partial charge on any atom is 0.295 e. The molecule has 1 aromatic heterocycles. The maximum atomic E-state index is 13.1. The highest BCUT2D eigenvalue weighted by Gasteiger charge is 2.47. The summed E-state index contributed by atoms with van der Waals surface area (Å²) in [6.45, 7) is 8.19. The van der Waals surface area contributed by atoms with Crippen LogP contribution in [0.5, 0.6) is 0 Å². The molecule has 4 rings (SSSR count). The summed E-state index contributed by atoms with van der Waals surface area (Å²) in [5, 5.41) is 12.3. The number of aliphatic hydroxyl groups is 1. The number of carbonyl (C=O) groups excluding carboxylic acids is 2. The first-order chi connectivity index (χ1) is 14.3. The van der Waals surface area contributed by atoms with Crippen LogP contribution in [0.2, 0.25) is 0 Å². The highest BCUT2D eigenvalue weighted by molar-refractivity contribution is 6.46. The number of benzene rings is 2. The molecule has 30 heavy (non-hydrogen) atoms. The second kappa shape index (κ2) is 7.48. The Morgan fingerprint density at radius 3 is 2.57 bits per heavy atom. The first kappa shape index (κ1) is 20.0. The molecule has 1 unspecified atom stereocenters. The smallest absolute Gasteiger partial charge is 0.295 e. The average Bonchev–Trinajstić information content (AvgIpc) is 3.17. The number of hydrogen-bond acceptors (Lipinski definition) is 3. The van der Waals surface area contributed by atoms with Crippen molar-refractivity contribution < 1.29 is 14.7 Å². The first-order valence-corrected chi connectivity index (χ1v) is 10.3. The zero-order valence-electron chi connectivity index (χ0n) is 17.7. The van der Waals surface area contributed by atoms with Crippen LogP contribution >= 0.6 is 0 Å². The first-order valence-electron chi connectivity index (χ1n) is 10.3. The Balaban J connectivity index is 2.02. The Kier molecular flexibility index (Phi) is 4.98. The molecule has 1 saturated heterocycles. The van der Waals surface area contributed by atoms with Crippen LogP contribution in [-0.4, -0.2) is 33.2 Å². The lowest BCUT2D eigenvalue weighted by Crippen LogP contribution is -2.30. The van der Waals surface area contributed by atoms with E-state index >= 15 is 0 Å². The van der Waals surface area contributed by atoms with Gasteiger partial charge in [-0.25, -0.2) is 0 Å². The highest BCUT2D eigenvalue weighted by atomic mass is 16.3. The molecule has 0 radical (unpaired) electrons. The second-order valence-corrected chi connectivity index (χ2v) is 8.02. The highest BCUT2D eigenvalue weighted by Crippen LogP contribution is 2.43. The minimum atomic E-state index is -0.628. The second-order valence-electron chi connectivity index (χ2n) is 8.02. The number of aromatic nitrogens is 1. The molecule has 1 aliphatic rings. The van der Waals surface area contributed by atoms with Gasteiger partial charge in [0.25, 0.3) is 11.7 Å². The zero-order chi connectivity index (χ0) is 21.6. The number of carbonyl (C=O) groups is 2. The van der Waals surface area contributed by atoms with Crippen molar-refractivity contribution in [2.75, 3.05) is 6.54 Å². The van der Waals surface area contributed by atoms with E-state index in [0.29, 0.717) is 18.5 Å². The number of para-hydroxylation sites is 1. The quantitative estimate of drug-likeness (QED) is 0.369. The predicted octanol–water partition coefficient (Wildman–Crippen LogP) is 4.92. The van der Waals surface area contributed by atoms with E-state index in [9.17, 15) is 14.7 Å². The van der Waals surface area contributed by atoms with E-state index in [4.69, 9.17) is 0 Å². The minimum absolute atomic E-state index is 0.108. The van der Waals surface area contributed by atoms with Crippen molar-refractivity contribution in [3.63, 3.8) is 0 Å². The normalized spacial score (nSPS) is 18.5. The van der Waals surface area contributed by atoms with Gasteiger partial charge in [-0.3, -0.25) is 9.59 Å². The van der Waals surface area contributed by atoms with Gasteiger partial charge >= 0.3 is 0 Å². The Morgan fingerprint density at radius 1 is 1.10 bits per heavy atom. The predicted molar refractivity (Wildman–Crippen MR) is 118 cm³/mol. The Labute approximate surface area is 176 Å². The van der Waals surface area contributed by atoms with E-state index in [2.05, 4.69) is 4.98 Å². The van der Waals surface area contributed by atoms with Gasteiger partial charge in [0.2, 0.25) is 0 Å². The molecule has 2 heterocycles. The SMILES string of the molecule is CCCN1C(=O)C(=O)/C(=C(/O)c2cc(C)ccc2C)C1c1c(C)[nH]c2ccccc12. The lowest BCUT2D eigenvalue weighted by molar-refractivity contribution is -0.139. The number of nitrogens with zero attached hydrogens (tertiary/aromatic N) is 1. The van der Waals surface area contributed by atoms with Crippen LogP contribution in [0.3, 0.4) is 0 Å². The van der Waals surface area contributed by atoms with E-state index in [-0.39, 0.29) is 11.3 Å². The lowest BCUT2D eigenvalue weighted by Gasteiger charge is -2.25. The molecule has 0 saturated carbocycles. The number of nitrogens with one attached hydrogen (secondary N) is 1. The van der Waals surface area contributed by atoms with Crippen LogP contribution < -0.4 is 0 Å². The number of ketones is 1. The van der Waals surface area contributed by atoms with Gasteiger partial charge in [0.05, 0.1) is 11.6 Å². The Morgan fingerprint density at radius 2 is 1.83 bits per heavy atom. The van der Waals surface area contributed by atoms with Gasteiger partial charge in [-0.05, 0) is 44.9 Å². The number of H-pyrrole nitrogens is 1. The lowest BCUT2D eigenvalue weighted by atomic mass is 9.92. The number of likely N-dealkylation sites (tertiary alicyclic amines) is 1. The Bertz CT molecular complexity index is 1200. The summed E-state index contributed by atoms with van der Waals surface area (Å²) in [5.41, 5.74) is 5.28. The molecule has 1 aliphatic heterocycles. The molecule has 5 heteroatoms. The van der Waals surface area contributed by atoms with Gasteiger partial charge < -0.3 is 15.0 Å². The largest absolute Gasteiger partial charge is 0.507 e. The number of aliphatic hydroxyl groups excluding tert-OH is 1. The molecular formula is C25H26N2O3. The summed E-state index contributed by atoms with van der Waals surface area (Å²) in [6.07, 6.45) is 0.717. The van der Waals surface area contributed by atoms with Gasteiger partial charge in [-0.1, -0.05) is 42.8 Å². The molecule has 1 atom stereocenters. The maximum absolute atomic E-state index is 13.1. The minimum Gasteiger partial charge on any atom is -0.507 e. The van der Waals surface area contributed by atoms with Crippen molar-refractivity contribution in [2.45, 2.75) is 40.2 Å². The summed E-state index contributed by atoms with van der Waals surface area (Å²) < 4.78 is 0. The van der Waals surface area contributed by atoms with Crippen molar-refractivity contribution >= 4 is 28.4 Å². The molecule has 0 bridgehead atoms. The van der Waals surface area contributed by atoms with Gasteiger partial charge in [0.1, 0.15) is 5.76 Å². The third-order valence-electron chi connectivity index (χ3n) is 5.87. The van der Waals surface area contributed by atoms with Crippen molar-refractivity contribution in [1.29, 1.82) is 0 Å². The van der Waals surface area contributed by atoms with Crippen molar-refractivity contribution in [1.82, 2.24) is 9.88 Å². The summed E-state index contributed by atoms with van der Waals surface area (Å²) in [6, 6.07) is 13.0. The van der Waals surface area contributed by atoms with E-state index in [0.717, 1.165) is 33.3 Å². The van der Waals surface area contributed by atoms with Crippen LogP contribution in [0.15, 0.2) is 48.0 Å². The number of hydrogen-bond donors (Lipinski definition) is 2.